The first kappa shape index (κ1) is 83.6. The Balaban J connectivity index is 1.94. The van der Waals surface area contributed by atoms with Crippen LogP contribution in [0, 0.1) is 11.8 Å². The van der Waals surface area contributed by atoms with Gasteiger partial charge in [0.05, 0.1) is 39.1 Å². The first-order valence-electron chi connectivity index (χ1n) is 34.1. The molecule has 96 heavy (non-hydrogen) atoms. The third-order valence-corrected chi connectivity index (χ3v) is 15.8. The highest BCUT2D eigenvalue weighted by molar-refractivity contribution is 5.98. The minimum absolute atomic E-state index is 0.00464. The molecule has 0 aliphatic carbocycles. The predicted molar refractivity (Wildman–Crippen MR) is 359 cm³/mol. The molecule has 7 atom stereocenters. The van der Waals surface area contributed by atoms with E-state index in [2.05, 4.69) is 80.4 Å². The normalized spacial score (nSPS) is 14.5. The van der Waals surface area contributed by atoms with E-state index in [1.165, 1.54) is 82.1 Å². The van der Waals surface area contributed by atoms with Crippen LogP contribution in [0.25, 0.3) is 0 Å². The number of rotatable bonds is 51. The van der Waals surface area contributed by atoms with Gasteiger partial charge in [0.15, 0.2) is 5.96 Å². The number of guanidine groups is 1. The van der Waals surface area contributed by atoms with Crippen LogP contribution in [0.1, 0.15) is 195 Å². The lowest BCUT2D eigenvalue weighted by atomic mass is 10.0. The summed E-state index contributed by atoms with van der Waals surface area (Å²) in [6.45, 7) is 8.70. The summed E-state index contributed by atoms with van der Waals surface area (Å²) < 4.78 is 0. The summed E-state index contributed by atoms with van der Waals surface area (Å²) in [6, 6.07) is -8.50. The molecule has 1 aliphatic heterocycles. The standard InChI is InChI=1S/C64H112N18O14/c1-7-8-9-10-11-12-13-14-15-16-17-18-19-27-51(83)70-35-52(84)71-36-53(85)72-37-54(86)78-49(33-44-34-68-40-75-44)59(91)74-39-56(88)82-30-23-26-50(82)62(94)81-47(31-41(2)3)58(90)73-38-55(87)77-48(32-42(4)5)61(93)76-43(6)57(89)79-45(25-22-29-69-64(66)67)60(92)80-46(63(95)96)24-20-21-28-65/h34,40-43,45-50H,7-33,35-39,65H2,1-6H3,(H,68,75)(H,70,83)(H,71,84)(H,72,85)(H,73,90)(H,74,91)(H,76,93)(H,77,87)(H,78,86)(H,79,89)(H,80,92)(H,81,94)(H,95,96)(H4,66,67,69)/t43-,45-,46-,47-,48-,49-,50-/m0/s1. The topological polar surface area (TPSA) is 497 Å². The lowest BCUT2D eigenvalue weighted by molar-refractivity contribution is -0.142. The summed E-state index contributed by atoms with van der Waals surface area (Å²) in [6.07, 6.45) is 20.4. The fourth-order valence-electron chi connectivity index (χ4n) is 10.5. The molecule has 0 unspecified atom stereocenters. The maximum absolute atomic E-state index is 13.9. The van der Waals surface area contributed by atoms with Crippen LogP contribution in [0.15, 0.2) is 17.5 Å². The van der Waals surface area contributed by atoms with Crippen LogP contribution in [0.5, 0.6) is 0 Å². The van der Waals surface area contributed by atoms with Crippen molar-refractivity contribution in [1.29, 1.82) is 0 Å². The fourth-order valence-corrected chi connectivity index (χ4v) is 10.5. The summed E-state index contributed by atoms with van der Waals surface area (Å²) in [5.41, 5.74) is 16.8. The van der Waals surface area contributed by atoms with E-state index in [4.69, 9.17) is 17.2 Å². The van der Waals surface area contributed by atoms with Gasteiger partial charge in [-0.05, 0) is 89.5 Å². The van der Waals surface area contributed by atoms with Gasteiger partial charge >= 0.3 is 5.97 Å². The van der Waals surface area contributed by atoms with Crippen molar-refractivity contribution in [1.82, 2.24) is 73.4 Å². The van der Waals surface area contributed by atoms with Gasteiger partial charge in [0.1, 0.15) is 42.3 Å². The minimum atomic E-state index is -1.28. The minimum Gasteiger partial charge on any atom is -0.480 e. The Kier molecular flexibility index (Phi) is 42.1. The average molecular weight is 1360 g/mol. The van der Waals surface area contributed by atoms with Crippen LogP contribution in [0.4, 0.5) is 0 Å². The number of amides is 12. The molecule has 542 valence electrons. The number of aromatic nitrogens is 2. The largest absolute Gasteiger partial charge is 0.480 e. The number of carbonyl (C=O) groups is 13. The van der Waals surface area contributed by atoms with E-state index < -0.39 is 139 Å². The van der Waals surface area contributed by atoms with Crippen molar-refractivity contribution >= 4 is 82.8 Å². The third-order valence-electron chi connectivity index (χ3n) is 15.8. The molecule has 1 aliphatic rings. The second-order valence-electron chi connectivity index (χ2n) is 25.3. The molecule has 0 radical (unpaired) electrons. The zero-order valence-corrected chi connectivity index (χ0v) is 57.3. The highest BCUT2D eigenvalue weighted by Crippen LogP contribution is 2.19. The first-order valence-corrected chi connectivity index (χ1v) is 34.1. The highest BCUT2D eigenvalue weighted by Gasteiger charge is 2.37. The van der Waals surface area contributed by atoms with Gasteiger partial charge in [-0.15, -0.1) is 0 Å². The number of H-pyrrole nitrogens is 1. The summed E-state index contributed by atoms with van der Waals surface area (Å²) >= 11 is 0. The van der Waals surface area contributed by atoms with Crippen LogP contribution in [0.3, 0.4) is 0 Å². The van der Waals surface area contributed by atoms with Crippen molar-refractivity contribution < 1.29 is 67.4 Å². The molecule has 0 saturated carbocycles. The summed E-state index contributed by atoms with van der Waals surface area (Å²) in [5, 5.41) is 37.5. The van der Waals surface area contributed by atoms with E-state index in [-0.39, 0.29) is 94.7 Å². The number of nitrogens with one attached hydrogen (secondary N) is 12. The van der Waals surface area contributed by atoms with Crippen molar-refractivity contribution in [2.45, 2.75) is 238 Å². The number of aliphatic imine (C=N–C) groups is 1. The molecule has 12 amide bonds. The Morgan fingerprint density at radius 3 is 1.60 bits per heavy atom. The number of carbonyl (C=O) groups excluding carboxylic acids is 12. The van der Waals surface area contributed by atoms with Gasteiger partial charge in [0.2, 0.25) is 70.9 Å². The van der Waals surface area contributed by atoms with Crippen molar-refractivity contribution in [3.8, 4) is 0 Å². The summed E-state index contributed by atoms with van der Waals surface area (Å²) in [4.78, 5) is 183. The summed E-state index contributed by atoms with van der Waals surface area (Å²) in [7, 11) is 0. The SMILES string of the molecule is CCCCCCCCCCCCCCCC(=O)NCC(=O)NCC(=O)NCC(=O)N[C@@H](Cc1cnc[nH]1)C(=O)NCC(=O)N1CCC[C@H]1C(=O)N[C@@H](CC(C)C)C(=O)NCC(=O)N[C@@H](CC(C)C)C(=O)N[C@@H](C)C(=O)N[C@@H](CCCN=C(N)N)C(=O)N[C@@H](CCCCN)C(=O)O. The highest BCUT2D eigenvalue weighted by atomic mass is 16.4. The third kappa shape index (κ3) is 37.0. The average Bonchev–Trinajstić information content (AvgIpc) is 1.65. The first-order chi connectivity index (χ1) is 45.7. The summed E-state index contributed by atoms with van der Waals surface area (Å²) in [5.74, 6) is -10.1. The van der Waals surface area contributed by atoms with Crippen LogP contribution in [0.2, 0.25) is 0 Å². The van der Waals surface area contributed by atoms with Gasteiger partial charge in [-0.1, -0.05) is 112 Å². The van der Waals surface area contributed by atoms with E-state index in [0.717, 1.165) is 19.3 Å². The zero-order valence-electron chi connectivity index (χ0n) is 57.3. The van der Waals surface area contributed by atoms with Crippen LogP contribution >= 0.6 is 0 Å². The molecular weight excluding hydrogens is 1240 g/mol. The molecular formula is C64H112N18O14. The Morgan fingerprint density at radius 2 is 1.05 bits per heavy atom. The van der Waals surface area contributed by atoms with Crippen LogP contribution in [-0.4, -0.2) is 197 Å². The van der Waals surface area contributed by atoms with Gasteiger partial charge in [0.25, 0.3) is 0 Å². The van der Waals surface area contributed by atoms with Crippen LogP contribution in [-0.2, 0) is 68.7 Å². The van der Waals surface area contributed by atoms with E-state index in [1.807, 2.05) is 0 Å². The number of nitrogens with two attached hydrogens (primary N) is 3. The molecule has 1 fully saturated rings. The van der Waals surface area contributed by atoms with Crippen molar-refractivity contribution in [3.63, 3.8) is 0 Å². The van der Waals surface area contributed by atoms with Gasteiger partial charge in [-0.2, -0.15) is 0 Å². The molecule has 2 heterocycles. The molecule has 19 N–H and O–H groups in total. The van der Waals surface area contributed by atoms with Crippen LogP contribution < -0.4 is 75.7 Å². The molecule has 0 spiro atoms. The lowest BCUT2D eigenvalue weighted by Crippen LogP contribution is -2.58. The van der Waals surface area contributed by atoms with Gasteiger partial charge in [0, 0.05) is 37.8 Å². The van der Waals surface area contributed by atoms with Gasteiger partial charge in [-0.25, -0.2) is 9.78 Å². The molecule has 1 saturated heterocycles. The van der Waals surface area contributed by atoms with Crippen molar-refractivity contribution in [2.24, 2.45) is 34.0 Å². The monoisotopic (exact) mass is 1360 g/mol. The second kappa shape index (κ2) is 48.3. The number of aliphatic carboxylic acids is 1. The molecule has 1 aromatic rings. The molecule has 0 bridgehead atoms. The number of nitrogens with zero attached hydrogens (tertiary/aromatic N) is 3. The zero-order chi connectivity index (χ0) is 71.4. The number of carboxylic acids is 1. The number of hydrogen-bond donors (Lipinski definition) is 16. The van der Waals surface area contributed by atoms with Gasteiger partial charge < -0.3 is 90.7 Å². The Labute approximate surface area is 564 Å². The maximum atomic E-state index is 13.9. The second-order valence-corrected chi connectivity index (χ2v) is 25.3. The van der Waals surface area contributed by atoms with Crippen molar-refractivity contribution in [2.75, 3.05) is 52.4 Å². The number of aromatic amines is 1. The molecule has 2 rings (SSSR count). The Morgan fingerprint density at radius 1 is 0.552 bits per heavy atom. The number of hydrogen-bond acceptors (Lipinski definition) is 16. The number of imidazole rings is 1. The molecule has 32 nitrogen and oxygen atoms in total. The lowest BCUT2D eigenvalue weighted by Gasteiger charge is -2.27. The molecule has 32 heteroatoms. The van der Waals surface area contributed by atoms with Gasteiger partial charge in [-0.3, -0.25) is 62.5 Å². The number of carboxylic acid groups (broad SMARTS) is 1. The van der Waals surface area contributed by atoms with E-state index in [0.29, 0.717) is 37.9 Å². The fraction of sp³-hybridized carbons (Fsp3) is 0.734. The quantitative estimate of drug-likeness (QED) is 0.0218. The van der Waals surface area contributed by atoms with E-state index >= 15 is 0 Å². The maximum Gasteiger partial charge on any atom is 0.326 e. The Hall–Kier alpha value is -8.45. The number of likely N-dealkylation sites (tertiary alicyclic amines) is 1. The van der Waals surface area contributed by atoms with Crippen molar-refractivity contribution in [3.05, 3.63) is 18.2 Å². The Bertz CT molecular complexity index is 2640. The molecule has 1 aromatic heterocycles. The van der Waals surface area contributed by atoms with E-state index in [1.54, 1.807) is 27.7 Å². The smallest absolute Gasteiger partial charge is 0.326 e. The predicted octanol–water partition coefficient (Wildman–Crippen LogP) is -0.706. The number of unbranched alkanes of at least 4 members (excludes halogenated alkanes) is 13. The molecule has 0 aromatic carbocycles. The van der Waals surface area contributed by atoms with E-state index in [9.17, 15) is 67.4 Å².